The number of benzene rings is 1. The predicted molar refractivity (Wildman–Crippen MR) is 131 cm³/mol. The molecule has 4 rings (SSSR count). The molecule has 1 amide bonds. The monoisotopic (exact) mass is 563 g/mol. The lowest BCUT2D eigenvalue weighted by Crippen LogP contribution is -2.40. The van der Waals surface area contributed by atoms with Gasteiger partial charge in [-0.05, 0) is 62.8 Å². The van der Waals surface area contributed by atoms with Crippen LogP contribution in [0.3, 0.4) is 0 Å². The molecule has 0 unspecified atom stereocenters. The fourth-order valence-corrected chi connectivity index (χ4v) is 5.13. The van der Waals surface area contributed by atoms with E-state index in [2.05, 4.69) is 20.7 Å². The van der Waals surface area contributed by atoms with Gasteiger partial charge in [-0.1, -0.05) is 23.2 Å². The lowest BCUT2D eigenvalue weighted by molar-refractivity contribution is -0.140. The van der Waals surface area contributed by atoms with E-state index >= 15 is 0 Å². The Morgan fingerprint density at radius 3 is 2.43 bits per heavy atom. The highest BCUT2D eigenvalue weighted by molar-refractivity contribution is 6.33. The number of hydrogen-bond acceptors (Lipinski definition) is 4. The molecule has 2 heterocycles. The third-order valence-corrected chi connectivity index (χ3v) is 7.37. The van der Waals surface area contributed by atoms with Crippen molar-refractivity contribution in [1.29, 1.82) is 0 Å². The molecule has 2 aromatic heterocycles. The lowest BCUT2D eigenvalue weighted by Gasteiger charge is -2.33. The highest BCUT2D eigenvalue weighted by atomic mass is 35.5. The Balaban J connectivity index is 1.43. The number of rotatable bonds is 6. The SMILES string of the molecule is C[C@H](Nc1cc(C(F)(F)F)nc2ccc(Cl)cc12)C1CCC(NC(=O)c2c(C(F)F)nn(C)c2Cl)CC1. The van der Waals surface area contributed by atoms with E-state index in [1.807, 2.05) is 6.92 Å². The van der Waals surface area contributed by atoms with Crippen LogP contribution in [0.5, 0.6) is 0 Å². The number of alkyl halides is 5. The van der Waals surface area contributed by atoms with Crippen LogP contribution >= 0.6 is 23.2 Å². The van der Waals surface area contributed by atoms with Crippen LogP contribution in [0.15, 0.2) is 24.3 Å². The van der Waals surface area contributed by atoms with Crippen molar-refractivity contribution in [2.75, 3.05) is 5.32 Å². The number of amides is 1. The maximum absolute atomic E-state index is 13.4. The molecule has 0 radical (unpaired) electrons. The van der Waals surface area contributed by atoms with Crippen molar-refractivity contribution in [1.82, 2.24) is 20.1 Å². The van der Waals surface area contributed by atoms with Crippen molar-refractivity contribution >= 4 is 45.7 Å². The highest BCUT2D eigenvalue weighted by Crippen LogP contribution is 2.36. The number of halogens is 7. The topological polar surface area (TPSA) is 71.8 Å². The van der Waals surface area contributed by atoms with Crippen LogP contribution in [0.1, 0.15) is 60.8 Å². The van der Waals surface area contributed by atoms with Gasteiger partial charge >= 0.3 is 6.18 Å². The number of nitrogens with one attached hydrogen (secondary N) is 2. The van der Waals surface area contributed by atoms with Gasteiger partial charge < -0.3 is 10.6 Å². The average Bonchev–Trinajstić information content (AvgIpc) is 3.13. The van der Waals surface area contributed by atoms with Crippen molar-refractivity contribution in [2.24, 2.45) is 13.0 Å². The molecule has 1 aliphatic rings. The van der Waals surface area contributed by atoms with Crippen LogP contribution in [0.2, 0.25) is 10.2 Å². The summed E-state index contributed by atoms with van der Waals surface area (Å²) in [4.78, 5) is 16.4. The van der Waals surface area contributed by atoms with Gasteiger partial charge in [0.1, 0.15) is 22.1 Å². The maximum Gasteiger partial charge on any atom is 0.433 e. The molecular formula is C24H24Cl2F5N5O. The molecular weight excluding hydrogens is 540 g/mol. The fraction of sp³-hybridized carbons (Fsp3) is 0.458. The third kappa shape index (κ3) is 5.93. The first kappa shape index (κ1) is 27.4. The van der Waals surface area contributed by atoms with Crippen molar-refractivity contribution in [3.05, 3.63) is 51.4 Å². The molecule has 37 heavy (non-hydrogen) atoms. The van der Waals surface area contributed by atoms with Crippen LogP contribution < -0.4 is 10.6 Å². The molecule has 0 aliphatic heterocycles. The van der Waals surface area contributed by atoms with E-state index in [0.717, 1.165) is 10.7 Å². The summed E-state index contributed by atoms with van der Waals surface area (Å²) in [6, 6.07) is 5.05. The van der Waals surface area contributed by atoms with Crippen molar-refractivity contribution in [3.8, 4) is 0 Å². The second kappa shape index (κ2) is 10.6. The molecule has 1 fully saturated rings. The highest BCUT2D eigenvalue weighted by Gasteiger charge is 2.34. The van der Waals surface area contributed by atoms with E-state index in [9.17, 15) is 26.7 Å². The number of nitrogens with zero attached hydrogens (tertiary/aromatic N) is 3. The van der Waals surface area contributed by atoms with E-state index < -0.39 is 29.9 Å². The Hall–Kier alpha value is -2.66. The molecule has 13 heteroatoms. The summed E-state index contributed by atoms with van der Waals surface area (Å²) in [6.45, 7) is 1.89. The molecule has 3 aromatic rings. The first-order valence-electron chi connectivity index (χ1n) is 11.6. The van der Waals surface area contributed by atoms with Crippen LogP contribution in [-0.4, -0.2) is 32.8 Å². The molecule has 200 valence electrons. The number of anilines is 1. The van der Waals surface area contributed by atoms with Gasteiger partial charge in [-0.3, -0.25) is 9.48 Å². The number of aryl methyl sites for hydroxylation is 1. The first-order chi connectivity index (χ1) is 17.3. The summed E-state index contributed by atoms with van der Waals surface area (Å²) in [5, 5.41) is 10.3. The zero-order valence-corrected chi connectivity index (χ0v) is 21.4. The zero-order valence-electron chi connectivity index (χ0n) is 19.8. The van der Waals surface area contributed by atoms with Gasteiger partial charge in [-0.25, -0.2) is 13.8 Å². The van der Waals surface area contributed by atoms with E-state index in [1.165, 1.54) is 19.2 Å². The number of aromatic nitrogens is 3. The van der Waals surface area contributed by atoms with Gasteiger partial charge in [0.2, 0.25) is 0 Å². The summed E-state index contributed by atoms with van der Waals surface area (Å²) in [5.74, 6) is -0.605. The van der Waals surface area contributed by atoms with Gasteiger partial charge in [-0.2, -0.15) is 18.3 Å². The fourth-order valence-electron chi connectivity index (χ4n) is 4.73. The molecule has 1 aromatic carbocycles. The van der Waals surface area contributed by atoms with Gasteiger partial charge in [0.15, 0.2) is 0 Å². The van der Waals surface area contributed by atoms with Crippen molar-refractivity contribution in [2.45, 2.75) is 57.3 Å². The standard InChI is InChI=1S/C24H24Cl2F5N5O/c1-11(32-17-10-18(24(29,30)31)34-16-8-5-13(25)9-15(16)17)12-3-6-14(7-4-12)33-23(37)19-20(22(27)28)35-36(2)21(19)26/h5,8-12,14,22H,3-4,6-7H2,1-2H3,(H,32,34)(H,33,37)/t11-,12?,14?/m0/s1. The Kier molecular flexibility index (Phi) is 7.85. The number of pyridine rings is 1. The number of carbonyl (C=O) groups excluding carboxylic acids is 1. The molecule has 1 saturated carbocycles. The van der Waals surface area contributed by atoms with Gasteiger partial charge in [0, 0.05) is 35.2 Å². The van der Waals surface area contributed by atoms with Crippen molar-refractivity contribution < 1.29 is 26.7 Å². The zero-order chi connectivity index (χ0) is 27.1. The Labute approximate surface area is 219 Å². The van der Waals surface area contributed by atoms with Gasteiger partial charge in [-0.15, -0.1) is 0 Å². The van der Waals surface area contributed by atoms with Crippen molar-refractivity contribution in [3.63, 3.8) is 0 Å². The van der Waals surface area contributed by atoms with Crippen LogP contribution in [-0.2, 0) is 13.2 Å². The summed E-state index contributed by atoms with van der Waals surface area (Å²) >= 11 is 12.1. The molecule has 1 atom stereocenters. The van der Waals surface area contributed by atoms with E-state index in [4.69, 9.17) is 23.2 Å². The molecule has 6 nitrogen and oxygen atoms in total. The van der Waals surface area contributed by atoms with Gasteiger partial charge in [0.05, 0.1) is 5.52 Å². The maximum atomic E-state index is 13.4. The van der Waals surface area contributed by atoms with E-state index in [0.29, 0.717) is 36.1 Å². The van der Waals surface area contributed by atoms with Gasteiger partial charge in [0.25, 0.3) is 12.3 Å². The van der Waals surface area contributed by atoms with E-state index in [-0.39, 0.29) is 39.9 Å². The number of fused-ring (bicyclic) bond motifs is 1. The van der Waals surface area contributed by atoms with Crippen LogP contribution in [0.4, 0.5) is 27.6 Å². The van der Waals surface area contributed by atoms with E-state index in [1.54, 1.807) is 6.07 Å². The minimum Gasteiger partial charge on any atom is -0.382 e. The minimum absolute atomic E-state index is 0.100. The smallest absolute Gasteiger partial charge is 0.382 e. The predicted octanol–water partition coefficient (Wildman–Crippen LogP) is 7.02. The summed E-state index contributed by atoms with van der Waals surface area (Å²) in [5.41, 5.74) is -1.54. The normalized spacial score (nSPS) is 19.3. The number of carbonyl (C=O) groups is 1. The minimum atomic E-state index is -4.61. The summed E-state index contributed by atoms with van der Waals surface area (Å²) in [7, 11) is 1.38. The Morgan fingerprint density at radius 1 is 1.14 bits per heavy atom. The second-order valence-electron chi connectivity index (χ2n) is 9.21. The molecule has 0 saturated heterocycles. The Morgan fingerprint density at radius 2 is 1.81 bits per heavy atom. The van der Waals surface area contributed by atoms with Crippen LogP contribution in [0.25, 0.3) is 10.9 Å². The molecule has 0 bridgehead atoms. The summed E-state index contributed by atoms with van der Waals surface area (Å²) in [6.07, 6.45) is -5.08. The molecule has 2 N–H and O–H groups in total. The average molecular weight is 564 g/mol. The number of hydrogen-bond donors (Lipinski definition) is 2. The summed E-state index contributed by atoms with van der Waals surface area (Å²) < 4.78 is 67.9. The molecule has 1 aliphatic carbocycles. The second-order valence-corrected chi connectivity index (χ2v) is 10.0. The first-order valence-corrected chi connectivity index (χ1v) is 12.4. The third-order valence-electron chi connectivity index (χ3n) is 6.70. The quantitative estimate of drug-likeness (QED) is 0.316. The van der Waals surface area contributed by atoms with Crippen LogP contribution in [0, 0.1) is 5.92 Å². The Bertz CT molecular complexity index is 1300. The largest absolute Gasteiger partial charge is 0.433 e. The molecule has 0 spiro atoms. The lowest BCUT2D eigenvalue weighted by atomic mass is 9.82.